The van der Waals surface area contributed by atoms with Gasteiger partial charge in [0.25, 0.3) is 0 Å². The van der Waals surface area contributed by atoms with Crippen LogP contribution >= 0.6 is 0 Å². The first-order chi connectivity index (χ1) is 1.73. The minimum absolute atomic E-state index is 0. The average molecular weight is 388 g/mol. The van der Waals surface area contributed by atoms with Gasteiger partial charge in [-0.1, -0.05) is 13.8 Å². The Kier molecular flexibility index (Phi) is 90.2. The first-order valence-electron chi connectivity index (χ1n) is 1.56. The third-order valence-electron chi connectivity index (χ3n) is 0. The fraction of sp³-hybridized carbons (Fsp3) is 0.750. The second-order valence-corrected chi connectivity index (χ2v) is 1.39. The van der Waals surface area contributed by atoms with Crippen LogP contribution in [0.5, 0.6) is 0 Å². The van der Waals surface area contributed by atoms with Crippen LogP contribution in [0, 0.1) is 12.8 Å². The summed E-state index contributed by atoms with van der Waals surface area (Å²) < 4.78 is 0. The van der Waals surface area contributed by atoms with Crippen molar-refractivity contribution in [2.24, 2.45) is 5.92 Å². The topological polar surface area (TPSA) is 0 Å². The Labute approximate surface area is 103 Å². The molecule has 0 saturated heterocycles. The molecule has 0 aliphatic rings. The van der Waals surface area contributed by atoms with Crippen molar-refractivity contribution in [1.82, 2.24) is 0 Å². The zero-order valence-electron chi connectivity index (χ0n) is 4.92. The summed E-state index contributed by atoms with van der Waals surface area (Å²) in [5, 5.41) is 0. The van der Waals surface area contributed by atoms with Crippen LogP contribution in [-0.4, -0.2) is 0 Å². The van der Waals surface area contributed by atoms with Gasteiger partial charge in [0.2, 0.25) is 0 Å². The van der Waals surface area contributed by atoms with E-state index in [1.165, 1.54) is 0 Å². The molecular formula is C4H9Br3Zr. The zero-order chi connectivity index (χ0) is 3.58. The Bertz CT molecular complexity index is 16.0. The van der Waals surface area contributed by atoms with Gasteiger partial charge in [-0.3, -0.25) is 0 Å². The van der Waals surface area contributed by atoms with Crippen molar-refractivity contribution >= 4 is 0 Å². The summed E-state index contributed by atoms with van der Waals surface area (Å²) in [6, 6.07) is 0. The molecule has 0 atom stereocenters. The van der Waals surface area contributed by atoms with E-state index in [2.05, 4.69) is 20.8 Å². The normalized spacial score (nSPS) is 4.50. The van der Waals surface area contributed by atoms with Crippen LogP contribution in [0.1, 0.15) is 13.8 Å². The summed E-state index contributed by atoms with van der Waals surface area (Å²) in [4.78, 5) is 0. The van der Waals surface area contributed by atoms with Gasteiger partial charge in [-0.15, -0.1) is 0 Å². The zero-order valence-corrected chi connectivity index (χ0v) is 12.1. The second kappa shape index (κ2) is 22.8. The Morgan fingerprint density at radius 3 is 1.00 bits per heavy atom. The molecule has 4 heteroatoms. The maximum Gasteiger partial charge on any atom is 4.00 e. The smallest absolute Gasteiger partial charge is 1.00 e. The van der Waals surface area contributed by atoms with E-state index in [0.29, 0.717) is 5.92 Å². The van der Waals surface area contributed by atoms with Crippen molar-refractivity contribution < 1.29 is 77.1 Å². The summed E-state index contributed by atoms with van der Waals surface area (Å²) in [7, 11) is 0. The predicted octanol–water partition coefficient (Wildman–Crippen LogP) is -7.51. The number of hydrogen-bond donors (Lipinski definition) is 0. The third-order valence-corrected chi connectivity index (χ3v) is 0. The van der Waals surface area contributed by atoms with Crippen molar-refractivity contribution in [3.8, 4) is 0 Å². The Balaban J connectivity index is -0.00000000750. The molecule has 0 nitrogen and oxygen atoms in total. The molecular weight excluding hydrogens is 379 g/mol. The van der Waals surface area contributed by atoms with Crippen LogP contribution in [0.25, 0.3) is 0 Å². The molecule has 0 rings (SSSR count). The minimum Gasteiger partial charge on any atom is -1.00 e. The molecule has 0 bridgehead atoms. The maximum absolute atomic E-state index is 3.64. The van der Waals surface area contributed by atoms with Crippen LogP contribution in [0.4, 0.5) is 0 Å². The van der Waals surface area contributed by atoms with Gasteiger partial charge >= 0.3 is 26.2 Å². The Morgan fingerprint density at radius 1 is 1.00 bits per heavy atom. The van der Waals surface area contributed by atoms with E-state index in [0.717, 1.165) is 0 Å². The summed E-state index contributed by atoms with van der Waals surface area (Å²) in [5.41, 5.74) is 0. The van der Waals surface area contributed by atoms with Crippen molar-refractivity contribution in [3.63, 3.8) is 0 Å². The standard InChI is InChI=1S/C4H9.3BrH.Zr/c1-4(2)3;;;;/h4H,1H2,2-3H3;3*1H;/q-1;;;;+4/p-3. The Hall–Kier alpha value is 2.32. The summed E-state index contributed by atoms with van der Waals surface area (Å²) in [6.45, 7) is 7.75. The van der Waals surface area contributed by atoms with Crippen LogP contribution in [0.15, 0.2) is 0 Å². The van der Waals surface area contributed by atoms with Crippen molar-refractivity contribution in [2.75, 3.05) is 0 Å². The van der Waals surface area contributed by atoms with Crippen LogP contribution in [-0.2, 0) is 26.2 Å². The molecule has 8 heavy (non-hydrogen) atoms. The van der Waals surface area contributed by atoms with Gasteiger partial charge in [-0.05, 0) is 0 Å². The number of halogens is 3. The van der Waals surface area contributed by atoms with Crippen molar-refractivity contribution in [3.05, 3.63) is 6.92 Å². The monoisotopic (exact) mass is 384 g/mol. The fourth-order valence-corrected chi connectivity index (χ4v) is 0. The molecule has 0 aromatic heterocycles. The predicted molar refractivity (Wildman–Crippen MR) is 20.2 cm³/mol. The van der Waals surface area contributed by atoms with Gasteiger partial charge in [0.15, 0.2) is 0 Å². The van der Waals surface area contributed by atoms with Gasteiger partial charge in [0, 0.05) is 0 Å². The molecule has 0 aromatic carbocycles. The molecule has 0 amide bonds. The van der Waals surface area contributed by atoms with Crippen molar-refractivity contribution in [2.45, 2.75) is 13.8 Å². The molecule has 0 saturated carbocycles. The molecule has 0 heterocycles. The molecule has 0 aliphatic heterocycles. The largest absolute Gasteiger partial charge is 4.00 e. The molecule has 0 radical (unpaired) electrons. The van der Waals surface area contributed by atoms with Gasteiger partial charge in [0.05, 0.1) is 0 Å². The average Bonchev–Trinajstić information content (AvgIpc) is 0.811. The van der Waals surface area contributed by atoms with Gasteiger partial charge < -0.3 is 57.9 Å². The second-order valence-electron chi connectivity index (χ2n) is 1.39. The molecule has 50 valence electrons. The van der Waals surface area contributed by atoms with E-state index in [1.807, 2.05) is 0 Å². The van der Waals surface area contributed by atoms with Crippen LogP contribution in [0.3, 0.4) is 0 Å². The van der Waals surface area contributed by atoms with E-state index < -0.39 is 0 Å². The summed E-state index contributed by atoms with van der Waals surface area (Å²) in [6.07, 6.45) is 0. The van der Waals surface area contributed by atoms with E-state index in [9.17, 15) is 0 Å². The van der Waals surface area contributed by atoms with Gasteiger partial charge in [-0.25, -0.2) is 0 Å². The molecule has 0 fully saturated rings. The summed E-state index contributed by atoms with van der Waals surface area (Å²) in [5.74, 6) is 0.583. The van der Waals surface area contributed by atoms with E-state index in [4.69, 9.17) is 0 Å². The van der Waals surface area contributed by atoms with E-state index >= 15 is 0 Å². The molecule has 0 N–H and O–H groups in total. The Morgan fingerprint density at radius 2 is 1.00 bits per heavy atom. The first kappa shape index (κ1) is 31.7. The first-order valence-corrected chi connectivity index (χ1v) is 1.56. The fourth-order valence-electron chi connectivity index (χ4n) is 0. The summed E-state index contributed by atoms with van der Waals surface area (Å²) >= 11 is 0. The van der Waals surface area contributed by atoms with Crippen LogP contribution < -0.4 is 50.9 Å². The molecule has 0 unspecified atom stereocenters. The van der Waals surface area contributed by atoms with Crippen molar-refractivity contribution in [1.29, 1.82) is 0 Å². The third kappa shape index (κ3) is 82.7. The van der Waals surface area contributed by atoms with E-state index in [1.54, 1.807) is 0 Å². The number of rotatable bonds is 0. The SMILES string of the molecule is [Br-].[Br-].[Br-].[CH2-]C(C)C.[Zr+4]. The quantitative estimate of drug-likeness (QED) is 0.362. The van der Waals surface area contributed by atoms with Gasteiger partial charge in [0.1, 0.15) is 0 Å². The minimum atomic E-state index is 0. The maximum atomic E-state index is 3.64. The van der Waals surface area contributed by atoms with E-state index in [-0.39, 0.29) is 77.1 Å². The van der Waals surface area contributed by atoms with Gasteiger partial charge in [-0.2, -0.15) is 5.92 Å². The molecule has 0 aromatic rings. The molecule has 0 spiro atoms. The number of hydrogen-bond acceptors (Lipinski definition) is 0. The van der Waals surface area contributed by atoms with Crippen LogP contribution in [0.2, 0.25) is 0 Å². The molecule has 0 aliphatic carbocycles.